The summed E-state index contributed by atoms with van der Waals surface area (Å²) in [5.74, 6) is -0.529. The van der Waals surface area contributed by atoms with Crippen molar-refractivity contribution in [2.75, 3.05) is 5.32 Å². The highest BCUT2D eigenvalue weighted by Crippen LogP contribution is 2.24. The van der Waals surface area contributed by atoms with E-state index in [-0.39, 0.29) is 5.69 Å². The maximum atomic E-state index is 11.0. The second-order valence-corrected chi connectivity index (χ2v) is 5.76. The molecule has 0 saturated heterocycles. The zero-order valence-corrected chi connectivity index (χ0v) is 13.7. The van der Waals surface area contributed by atoms with Crippen LogP contribution in [0, 0.1) is 20.8 Å². The number of hydrogen-bond donors (Lipinski definition) is 3. The van der Waals surface area contributed by atoms with Crippen LogP contribution < -0.4 is 5.32 Å². The largest absolute Gasteiger partial charge is 0.477 e. The van der Waals surface area contributed by atoms with Crippen molar-refractivity contribution in [2.24, 2.45) is 0 Å². The van der Waals surface area contributed by atoms with Gasteiger partial charge in [-0.05, 0) is 55.7 Å². The van der Waals surface area contributed by atoms with Crippen molar-refractivity contribution >= 4 is 17.6 Å². The maximum Gasteiger partial charge on any atom is 0.352 e. The first-order valence-electron chi connectivity index (χ1n) is 7.54. The van der Waals surface area contributed by atoms with Crippen LogP contribution in [0.2, 0.25) is 0 Å². The van der Waals surface area contributed by atoms with Crippen LogP contribution in [0.15, 0.2) is 36.7 Å². The molecule has 6 nitrogen and oxygen atoms in total. The minimum Gasteiger partial charge on any atom is -0.477 e. The SMILES string of the molecule is Cc1ccc(Nc2ncc(C)c(-c3c[nH]c(C(=O)O)c3)n2)cc1C. The predicted molar refractivity (Wildman–Crippen MR) is 92.7 cm³/mol. The van der Waals surface area contributed by atoms with Gasteiger partial charge in [0.25, 0.3) is 0 Å². The highest BCUT2D eigenvalue weighted by Gasteiger charge is 2.12. The molecule has 0 unspecified atom stereocenters. The van der Waals surface area contributed by atoms with Gasteiger partial charge in [0.1, 0.15) is 5.69 Å². The maximum absolute atomic E-state index is 11.0. The Morgan fingerprint density at radius 2 is 1.92 bits per heavy atom. The van der Waals surface area contributed by atoms with E-state index in [1.807, 2.05) is 25.1 Å². The minimum atomic E-state index is -0.999. The molecule has 0 aliphatic rings. The second kappa shape index (κ2) is 6.16. The van der Waals surface area contributed by atoms with Gasteiger partial charge in [0.2, 0.25) is 5.95 Å². The van der Waals surface area contributed by atoms with E-state index < -0.39 is 5.97 Å². The van der Waals surface area contributed by atoms with E-state index >= 15 is 0 Å². The molecule has 24 heavy (non-hydrogen) atoms. The van der Waals surface area contributed by atoms with Crippen LogP contribution in [0.25, 0.3) is 11.3 Å². The van der Waals surface area contributed by atoms with Gasteiger partial charge in [-0.2, -0.15) is 0 Å². The number of aromatic nitrogens is 3. The summed E-state index contributed by atoms with van der Waals surface area (Å²) in [6, 6.07) is 7.62. The molecule has 0 radical (unpaired) electrons. The third kappa shape index (κ3) is 3.12. The third-order valence-electron chi connectivity index (χ3n) is 3.92. The fourth-order valence-corrected chi connectivity index (χ4v) is 2.40. The monoisotopic (exact) mass is 322 g/mol. The molecule has 122 valence electrons. The first-order valence-corrected chi connectivity index (χ1v) is 7.54. The lowest BCUT2D eigenvalue weighted by molar-refractivity contribution is 0.0691. The number of hydrogen-bond acceptors (Lipinski definition) is 4. The van der Waals surface area contributed by atoms with Gasteiger partial charge in [-0.3, -0.25) is 0 Å². The normalized spacial score (nSPS) is 10.6. The van der Waals surface area contributed by atoms with E-state index in [1.54, 1.807) is 18.5 Å². The number of aromatic carboxylic acids is 1. The van der Waals surface area contributed by atoms with E-state index in [1.165, 1.54) is 11.1 Å². The molecule has 0 aliphatic carbocycles. The Balaban J connectivity index is 1.93. The number of aromatic amines is 1. The zero-order valence-electron chi connectivity index (χ0n) is 13.7. The molecule has 0 aliphatic heterocycles. The molecule has 0 spiro atoms. The van der Waals surface area contributed by atoms with Gasteiger partial charge in [0.15, 0.2) is 0 Å². The molecule has 2 aromatic heterocycles. The van der Waals surface area contributed by atoms with Crippen LogP contribution in [0.4, 0.5) is 11.6 Å². The van der Waals surface area contributed by atoms with Crippen molar-refractivity contribution in [3.63, 3.8) is 0 Å². The average molecular weight is 322 g/mol. The summed E-state index contributed by atoms with van der Waals surface area (Å²) in [5, 5.41) is 12.2. The number of aryl methyl sites for hydroxylation is 3. The Kier molecular flexibility index (Phi) is 4.04. The summed E-state index contributed by atoms with van der Waals surface area (Å²) < 4.78 is 0. The Bertz CT molecular complexity index is 915. The first kappa shape index (κ1) is 15.7. The Morgan fingerprint density at radius 3 is 2.58 bits per heavy atom. The number of carbonyl (C=O) groups is 1. The molecule has 6 heteroatoms. The van der Waals surface area contributed by atoms with Crippen molar-refractivity contribution in [1.82, 2.24) is 15.0 Å². The zero-order chi connectivity index (χ0) is 17.3. The van der Waals surface area contributed by atoms with E-state index in [2.05, 4.69) is 34.1 Å². The van der Waals surface area contributed by atoms with Crippen LogP contribution in [-0.2, 0) is 0 Å². The summed E-state index contributed by atoms with van der Waals surface area (Å²) in [5.41, 5.74) is 5.73. The molecule has 2 heterocycles. The first-order chi connectivity index (χ1) is 11.4. The van der Waals surface area contributed by atoms with Gasteiger partial charge in [0, 0.05) is 23.6 Å². The van der Waals surface area contributed by atoms with E-state index in [4.69, 9.17) is 5.11 Å². The number of nitrogens with one attached hydrogen (secondary N) is 2. The number of carboxylic acid groups (broad SMARTS) is 1. The number of rotatable bonds is 4. The van der Waals surface area contributed by atoms with E-state index in [0.717, 1.165) is 16.8 Å². The van der Waals surface area contributed by atoms with Crippen LogP contribution in [-0.4, -0.2) is 26.0 Å². The highest BCUT2D eigenvalue weighted by molar-refractivity contribution is 5.87. The number of anilines is 2. The second-order valence-electron chi connectivity index (χ2n) is 5.76. The number of benzene rings is 1. The van der Waals surface area contributed by atoms with Gasteiger partial charge in [-0.1, -0.05) is 6.07 Å². The van der Waals surface area contributed by atoms with Gasteiger partial charge >= 0.3 is 5.97 Å². The number of H-pyrrole nitrogens is 1. The fraction of sp³-hybridized carbons (Fsp3) is 0.167. The van der Waals surface area contributed by atoms with Crippen molar-refractivity contribution in [1.29, 1.82) is 0 Å². The molecule has 0 fully saturated rings. The van der Waals surface area contributed by atoms with Crippen LogP contribution >= 0.6 is 0 Å². The minimum absolute atomic E-state index is 0.131. The summed E-state index contributed by atoms with van der Waals surface area (Å²) in [4.78, 5) is 22.6. The molecule has 3 N–H and O–H groups in total. The molecule has 0 atom stereocenters. The molecule has 0 bridgehead atoms. The molecule has 0 amide bonds. The smallest absolute Gasteiger partial charge is 0.352 e. The van der Waals surface area contributed by atoms with Gasteiger partial charge in [-0.25, -0.2) is 14.8 Å². The Morgan fingerprint density at radius 1 is 1.12 bits per heavy atom. The summed E-state index contributed by atoms with van der Waals surface area (Å²) in [6.07, 6.45) is 3.36. The van der Waals surface area contributed by atoms with Crippen molar-refractivity contribution in [2.45, 2.75) is 20.8 Å². The molecule has 1 aromatic carbocycles. The lowest BCUT2D eigenvalue weighted by Crippen LogP contribution is -2.00. The van der Waals surface area contributed by atoms with Crippen LogP contribution in [0.1, 0.15) is 27.2 Å². The number of nitrogens with zero attached hydrogens (tertiary/aromatic N) is 2. The summed E-state index contributed by atoms with van der Waals surface area (Å²) in [7, 11) is 0. The predicted octanol–water partition coefficient (Wildman–Crippen LogP) is 3.84. The highest BCUT2D eigenvalue weighted by atomic mass is 16.4. The quantitative estimate of drug-likeness (QED) is 0.679. The Hall–Kier alpha value is -3.15. The summed E-state index contributed by atoms with van der Waals surface area (Å²) in [6.45, 7) is 6.00. The standard InChI is InChI=1S/C18H18N4O2/c1-10-4-5-14(6-11(10)2)21-18-20-8-12(3)16(22-18)13-7-15(17(23)24)19-9-13/h4-9,19H,1-3H3,(H,23,24)(H,20,21,22). The molecule has 3 rings (SSSR count). The topological polar surface area (TPSA) is 90.9 Å². The van der Waals surface area contributed by atoms with Gasteiger partial charge in [0.05, 0.1) is 5.69 Å². The molecular weight excluding hydrogens is 304 g/mol. The van der Waals surface area contributed by atoms with Crippen molar-refractivity contribution in [3.05, 3.63) is 59.0 Å². The average Bonchev–Trinajstić information content (AvgIpc) is 3.03. The van der Waals surface area contributed by atoms with Gasteiger partial charge < -0.3 is 15.4 Å². The van der Waals surface area contributed by atoms with Crippen LogP contribution in [0.3, 0.4) is 0 Å². The van der Waals surface area contributed by atoms with Crippen LogP contribution in [0.5, 0.6) is 0 Å². The van der Waals surface area contributed by atoms with E-state index in [0.29, 0.717) is 11.6 Å². The third-order valence-corrected chi connectivity index (χ3v) is 3.92. The lowest BCUT2D eigenvalue weighted by Gasteiger charge is -2.09. The van der Waals surface area contributed by atoms with Crippen molar-refractivity contribution in [3.8, 4) is 11.3 Å². The van der Waals surface area contributed by atoms with E-state index in [9.17, 15) is 4.79 Å². The van der Waals surface area contributed by atoms with Gasteiger partial charge in [-0.15, -0.1) is 0 Å². The fourth-order valence-electron chi connectivity index (χ4n) is 2.40. The summed E-state index contributed by atoms with van der Waals surface area (Å²) >= 11 is 0. The molecule has 3 aromatic rings. The molecule has 0 saturated carbocycles. The number of carboxylic acids is 1. The Labute approximate surface area is 139 Å². The lowest BCUT2D eigenvalue weighted by atomic mass is 10.1. The van der Waals surface area contributed by atoms with Crippen molar-refractivity contribution < 1.29 is 9.90 Å². The molecular formula is C18H18N4O2.